The Bertz CT molecular complexity index is 886. The van der Waals surface area contributed by atoms with E-state index in [2.05, 4.69) is 18.4 Å². The molecule has 0 unspecified atom stereocenters. The molecule has 1 heterocycles. The molecular formula is C21H25NO4. The number of esters is 1. The molecule has 0 aliphatic heterocycles. The number of aryl methyl sites for hydroxylation is 1. The molecule has 1 aliphatic carbocycles. The number of nitrogens with zero attached hydrogens (tertiary/aromatic N) is 1. The number of aromatic nitrogens is 1. The molecule has 0 bridgehead atoms. The minimum Gasteiger partial charge on any atom is -0.462 e. The van der Waals surface area contributed by atoms with Crippen LogP contribution in [0.1, 0.15) is 50.8 Å². The maximum absolute atomic E-state index is 12.8. The van der Waals surface area contributed by atoms with Crippen molar-refractivity contribution in [2.45, 2.75) is 52.7 Å². The highest BCUT2D eigenvalue weighted by Gasteiger charge is 2.31. The first-order valence-electron chi connectivity index (χ1n) is 8.69. The lowest BCUT2D eigenvalue weighted by atomic mass is 10.00. The summed E-state index contributed by atoms with van der Waals surface area (Å²) in [6, 6.07) is 0. The van der Waals surface area contributed by atoms with E-state index in [9.17, 15) is 14.7 Å². The van der Waals surface area contributed by atoms with Crippen LogP contribution in [0.25, 0.3) is 5.57 Å². The number of hydrogen-bond acceptors (Lipinski definition) is 4. The van der Waals surface area contributed by atoms with Crippen LogP contribution in [-0.2, 0) is 22.5 Å². The summed E-state index contributed by atoms with van der Waals surface area (Å²) >= 11 is 0. The molecule has 0 saturated heterocycles. The fourth-order valence-electron chi connectivity index (χ4n) is 2.93. The van der Waals surface area contributed by atoms with Crippen LogP contribution in [-0.4, -0.2) is 27.9 Å². The van der Waals surface area contributed by atoms with Gasteiger partial charge in [0.05, 0.1) is 12.2 Å². The predicted octanol–water partition coefficient (Wildman–Crippen LogP) is 2.44. The number of fused-ring (bicyclic) bond motifs is 1. The molecule has 26 heavy (non-hydrogen) atoms. The van der Waals surface area contributed by atoms with Crippen molar-refractivity contribution in [1.82, 2.24) is 4.57 Å². The molecule has 138 valence electrons. The summed E-state index contributed by atoms with van der Waals surface area (Å²) in [6.07, 6.45) is 4.44. The van der Waals surface area contributed by atoms with Crippen molar-refractivity contribution < 1.29 is 14.6 Å². The highest BCUT2D eigenvalue weighted by atomic mass is 16.5. The molecule has 1 aromatic heterocycles. The maximum atomic E-state index is 12.8. The van der Waals surface area contributed by atoms with Crippen LogP contribution < -0.4 is 5.56 Å². The van der Waals surface area contributed by atoms with E-state index in [1.165, 1.54) is 0 Å². The lowest BCUT2D eigenvalue weighted by molar-refractivity contribution is -0.136. The number of rotatable bonds is 5. The fourth-order valence-corrected chi connectivity index (χ4v) is 2.93. The molecule has 0 spiro atoms. The van der Waals surface area contributed by atoms with E-state index in [-0.39, 0.29) is 12.2 Å². The highest BCUT2D eigenvalue weighted by Crippen LogP contribution is 2.34. The van der Waals surface area contributed by atoms with E-state index in [1.54, 1.807) is 37.6 Å². The molecule has 1 aliphatic rings. The quantitative estimate of drug-likeness (QED) is 0.500. The average Bonchev–Trinajstić information content (AvgIpc) is 2.90. The van der Waals surface area contributed by atoms with Crippen LogP contribution in [0, 0.1) is 11.8 Å². The van der Waals surface area contributed by atoms with Gasteiger partial charge in [0, 0.05) is 35.9 Å². The first kappa shape index (κ1) is 19.7. The van der Waals surface area contributed by atoms with Gasteiger partial charge in [-0.05, 0) is 34.1 Å². The second kappa shape index (κ2) is 7.76. The van der Waals surface area contributed by atoms with E-state index in [1.807, 2.05) is 6.92 Å². The smallest absolute Gasteiger partial charge is 0.338 e. The minimum atomic E-state index is -1.18. The first-order chi connectivity index (χ1) is 12.2. The Morgan fingerprint density at radius 3 is 2.77 bits per heavy atom. The molecule has 0 atom stereocenters. The zero-order valence-corrected chi connectivity index (χ0v) is 15.8. The largest absolute Gasteiger partial charge is 0.462 e. The molecule has 0 saturated carbocycles. The van der Waals surface area contributed by atoms with E-state index < -0.39 is 11.6 Å². The lowest BCUT2D eigenvalue weighted by Gasteiger charge is -2.13. The van der Waals surface area contributed by atoms with E-state index in [0.717, 1.165) is 5.57 Å². The Labute approximate surface area is 154 Å². The van der Waals surface area contributed by atoms with Crippen molar-refractivity contribution in [2.24, 2.45) is 0 Å². The molecule has 0 radical (unpaired) electrons. The van der Waals surface area contributed by atoms with E-state index in [4.69, 9.17) is 4.74 Å². The van der Waals surface area contributed by atoms with Crippen molar-refractivity contribution in [3.63, 3.8) is 0 Å². The van der Waals surface area contributed by atoms with Gasteiger partial charge >= 0.3 is 5.97 Å². The number of carbonyl (C=O) groups is 1. The van der Waals surface area contributed by atoms with Gasteiger partial charge in [0.1, 0.15) is 5.60 Å². The van der Waals surface area contributed by atoms with Crippen LogP contribution in [0.5, 0.6) is 0 Å². The van der Waals surface area contributed by atoms with Gasteiger partial charge in [-0.3, -0.25) is 4.79 Å². The molecule has 5 heteroatoms. The second-order valence-corrected chi connectivity index (χ2v) is 6.83. The molecule has 5 nitrogen and oxygen atoms in total. The standard InChI is InChI=1S/C21H25NO4/c1-6-8-11-22-13-15(9-10-21(4,5)25)18-16(19(22)23)12-14(3)17(18)20(24)26-7-2/h6,13,25H,1,7-8,11-12H2,2-5H3. The summed E-state index contributed by atoms with van der Waals surface area (Å²) in [5, 5.41) is 9.95. The van der Waals surface area contributed by atoms with Gasteiger partial charge in [0.15, 0.2) is 0 Å². The van der Waals surface area contributed by atoms with Gasteiger partial charge in [-0.25, -0.2) is 4.79 Å². The third-order valence-corrected chi connectivity index (χ3v) is 4.05. The van der Waals surface area contributed by atoms with E-state index >= 15 is 0 Å². The van der Waals surface area contributed by atoms with Crippen LogP contribution in [0.15, 0.2) is 29.2 Å². The topological polar surface area (TPSA) is 68.5 Å². The summed E-state index contributed by atoms with van der Waals surface area (Å²) < 4.78 is 6.77. The number of hydrogen-bond donors (Lipinski definition) is 1. The summed E-state index contributed by atoms with van der Waals surface area (Å²) in [6.45, 7) is 11.2. The zero-order valence-electron chi connectivity index (χ0n) is 15.8. The van der Waals surface area contributed by atoms with Crippen molar-refractivity contribution in [1.29, 1.82) is 0 Å². The van der Waals surface area contributed by atoms with Gasteiger partial charge < -0.3 is 14.4 Å². The Hall–Kier alpha value is -2.58. The van der Waals surface area contributed by atoms with Crippen molar-refractivity contribution in [3.8, 4) is 11.8 Å². The molecule has 2 rings (SSSR count). The molecule has 0 amide bonds. The first-order valence-corrected chi connectivity index (χ1v) is 8.69. The molecular weight excluding hydrogens is 330 g/mol. The van der Waals surface area contributed by atoms with Gasteiger partial charge in [0.2, 0.25) is 0 Å². The highest BCUT2D eigenvalue weighted by molar-refractivity contribution is 6.19. The molecule has 0 aromatic carbocycles. The number of pyridine rings is 1. The third kappa shape index (κ3) is 4.14. The Kier molecular flexibility index (Phi) is 5.89. The number of aliphatic hydroxyl groups is 1. The van der Waals surface area contributed by atoms with E-state index in [0.29, 0.717) is 41.6 Å². The third-order valence-electron chi connectivity index (χ3n) is 4.05. The normalized spacial score (nSPS) is 13.1. The summed E-state index contributed by atoms with van der Waals surface area (Å²) in [5.74, 6) is 5.28. The number of carbonyl (C=O) groups excluding carboxylic acids is 1. The van der Waals surface area contributed by atoms with Crippen LogP contribution in [0.4, 0.5) is 0 Å². The van der Waals surface area contributed by atoms with Crippen LogP contribution in [0.3, 0.4) is 0 Å². The Morgan fingerprint density at radius 2 is 2.19 bits per heavy atom. The monoisotopic (exact) mass is 355 g/mol. The van der Waals surface area contributed by atoms with Gasteiger partial charge in [-0.15, -0.1) is 6.58 Å². The summed E-state index contributed by atoms with van der Waals surface area (Å²) in [7, 11) is 0. The summed E-state index contributed by atoms with van der Waals surface area (Å²) in [5.41, 5.74) is 1.53. The van der Waals surface area contributed by atoms with Crippen LogP contribution >= 0.6 is 0 Å². The minimum absolute atomic E-state index is 0.130. The van der Waals surface area contributed by atoms with Gasteiger partial charge in [-0.1, -0.05) is 23.5 Å². The van der Waals surface area contributed by atoms with Crippen molar-refractivity contribution >= 4 is 11.5 Å². The second-order valence-electron chi connectivity index (χ2n) is 6.83. The maximum Gasteiger partial charge on any atom is 0.338 e. The molecule has 1 N–H and O–H groups in total. The van der Waals surface area contributed by atoms with Gasteiger partial charge in [-0.2, -0.15) is 0 Å². The lowest BCUT2D eigenvalue weighted by Crippen LogP contribution is -2.25. The van der Waals surface area contributed by atoms with Crippen molar-refractivity contribution in [3.05, 3.63) is 51.5 Å². The number of ether oxygens (including phenoxy) is 1. The van der Waals surface area contributed by atoms with Crippen molar-refractivity contribution in [2.75, 3.05) is 6.61 Å². The zero-order chi connectivity index (χ0) is 19.5. The number of allylic oxidation sites excluding steroid dienone is 2. The summed E-state index contributed by atoms with van der Waals surface area (Å²) in [4.78, 5) is 25.3. The van der Waals surface area contributed by atoms with Gasteiger partial charge in [0.25, 0.3) is 5.56 Å². The predicted molar refractivity (Wildman–Crippen MR) is 102 cm³/mol. The average molecular weight is 355 g/mol. The SMILES string of the molecule is C=CCCn1cc(C#CC(C)(C)O)c2c(c1=O)CC(C)=C2C(=O)OCC. The molecule has 1 aromatic rings. The fraction of sp³-hybridized carbons (Fsp3) is 0.429. The molecule has 0 fully saturated rings. The van der Waals surface area contributed by atoms with Crippen LogP contribution in [0.2, 0.25) is 0 Å². The Morgan fingerprint density at radius 1 is 1.50 bits per heavy atom. The Balaban J connectivity index is 2.70.